The molecule has 1 aromatic carbocycles. The van der Waals surface area contributed by atoms with E-state index >= 15 is 0 Å². The first kappa shape index (κ1) is 12.3. The number of benzene rings is 1. The molecule has 16 heavy (non-hydrogen) atoms. The molecule has 0 heterocycles. The minimum Gasteiger partial charge on any atom is -0.369 e. The van der Waals surface area contributed by atoms with Crippen LogP contribution in [0.25, 0.3) is 0 Å². The highest BCUT2D eigenvalue weighted by molar-refractivity contribution is 14.1. The predicted molar refractivity (Wildman–Crippen MR) is 71.3 cm³/mol. The Balaban J connectivity index is 2.06. The van der Waals surface area contributed by atoms with Gasteiger partial charge in [0.15, 0.2) is 0 Å². The summed E-state index contributed by atoms with van der Waals surface area (Å²) in [5, 5.41) is 0. The Morgan fingerprint density at radius 1 is 1.44 bits per heavy atom. The van der Waals surface area contributed by atoms with Crippen LogP contribution in [0.1, 0.15) is 31.4 Å². The van der Waals surface area contributed by atoms with Crippen molar-refractivity contribution in [3.05, 3.63) is 35.6 Å². The van der Waals surface area contributed by atoms with Gasteiger partial charge in [-0.3, -0.25) is 0 Å². The number of hydrogen-bond acceptors (Lipinski definition) is 1. The fourth-order valence-electron chi connectivity index (χ4n) is 1.86. The third-order valence-electron chi connectivity index (χ3n) is 3.06. The zero-order valence-electron chi connectivity index (χ0n) is 9.33. The van der Waals surface area contributed by atoms with Gasteiger partial charge in [0.25, 0.3) is 0 Å². The fraction of sp³-hybridized carbons (Fsp3) is 0.538. The van der Waals surface area contributed by atoms with Crippen molar-refractivity contribution in [2.75, 3.05) is 4.43 Å². The minimum atomic E-state index is -0.160. The molecular weight excluding hydrogens is 318 g/mol. The zero-order chi connectivity index (χ0) is 11.5. The van der Waals surface area contributed by atoms with Gasteiger partial charge in [-0.05, 0) is 31.7 Å². The van der Waals surface area contributed by atoms with E-state index in [-0.39, 0.29) is 18.0 Å². The van der Waals surface area contributed by atoms with Gasteiger partial charge in [0, 0.05) is 9.99 Å². The van der Waals surface area contributed by atoms with Crippen molar-refractivity contribution in [3.63, 3.8) is 0 Å². The highest BCUT2D eigenvalue weighted by Gasteiger charge is 2.31. The van der Waals surface area contributed by atoms with Crippen molar-refractivity contribution in [2.24, 2.45) is 5.92 Å². The lowest BCUT2D eigenvalue weighted by atomic mass is 10.1. The quantitative estimate of drug-likeness (QED) is 0.581. The summed E-state index contributed by atoms with van der Waals surface area (Å²) < 4.78 is 20.3. The second-order valence-corrected chi connectivity index (χ2v) is 5.22. The second kappa shape index (κ2) is 5.45. The van der Waals surface area contributed by atoms with Gasteiger partial charge >= 0.3 is 0 Å². The lowest BCUT2D eigenvalue weighted by Gasteiger charge is -2.21. The summed E-state index contributed by atoms with van der Waals surface area (Å²) in [6, 6.07) is 6.90. The first-order valence-electron chi connectivity index (χ1n) is 5.68. The second-order valence-electron chi connectivity index (χ2n) is 4.34. The molecule has 0 radical (unpaired) electrons. The molecule has 0 amide bonds. The van der Waals surface area contributed by atoms with Gasteiger partial charge in [-0.15, -0.1) is 0 Å². The average Bonchev–Trinajstić information content (AvgIpc) is 3.10. The summed E-state index contributed by atoms with van der Waals surface area (Å²) in [5.74, 6) is 0.532. The summed E-state index contributed by atoms with van der Waals surface area (Å²) in [7, 11) is 0. The Morgan fingerprint density at radius 2 is 2.12 bits per heavy atom. The van der Waals surface area contributed by atoms with Crippen molar-refractivity contribution in [1.82, 2.24) is 0 Å². The molecule has 0 bridgehead atoms. The highest BCUT2D eigenvalue weighted by Crippen LogP contribution is 2.37. The number of halogens is 2. The van der Waals surface area contributed by atoms with Gasteiger partial charge in [-0.1, -0.05) is 40.8 Å². The molecule has 1 saturated carbocycles. The van der Waals surface area contributed by atoms with Crippen LogP contribution in [0.15, 0.2) is 24.3 Å². The van der Waals surface area contributed by atoms with Gasteiger partial charge in [0.2, 0.25) is 0 Å². The third kappa shape index (κ3) is 2.94. The van der Waals surface area contributed by atoms with Crippen molar-refractivity contribution in [2.45, 2.75) is 32.0 Å². The normalized spacial score (nSPS) is 19.4. The maximum atomic E-state index is 13.6. The van der Waals surface area contributed by atoms with Crippen molar-refractivity contribution >= 4 is 22.6 Å². The predicted octanol–water partition coefficient (Wildman–Crippen LogP) is 4.12. The van der Waals surface area contributed by atoms with Crippen LogP contribution in [-0.2, 0) is 4.74 Å². The molecule has 0 saturated heterocycles. The van der Waals surface area contributed by atoms with Gasteiger partial charge in [-0.2, -0.15) is 0 Å². The Kier molecular flexibility index (Phi) is 4.19. The Morgan fingerprint density at radius 3 is 2.69 bits per heavy atom. The van der Waals surface area contributed by atoms with Gasteiger partial charge in [-0.25, -0.2) is 4.39 Å². The molecule has 1 aromatic rings. The molecule has 88 valence electrons. The van der Waals surface area contributed by atoms with E-state index < -0.39 is 0 Å². The minimum absolute atomic E-state index is 0.114. The summed E-state index contributed by atoms with van der Waals surface area (Å²) in [4.78, 5) is 0. The van der Waals surface area contributed by atoms with E-state index in [9.17, 15) is 4.39 Å². The van der Waals surface area contributed by atoms with E-state index in [2.05, 4.69) is 29.5 Å². The molecule has 2 rings (SSSR count). The molecule has 1 aliphatic rings. The van der Waals surface area contributed by atoms with Crippen LogP contribution in [0.4, 0.5) is 4.39 Å². The molecule has 1 fully saturated rings. The fourth-order valence-corrected chi connectivity index (χ4v) is 2.55. The zero-order valence-corrected chi connectivity index (χ0v) is 11.5. The lowest BCUT2D eigenvalue weighted by molar-refractivity contribution is -0.00225. The molecule has 3 heteroatoms. The van der Waals surface area contributed by atoms with Crippen LogP contribution >= 0.6 is 22.6 Å². The van der Waals surface area contributed by atoms with E-state index in [1.807, 2.05) is 12.1 Å². The number of hydrogen-bond donors (Lipinski definition) is 0. The average molecular weight is 334 g/mol. The largest absolute Gasteiger partial charge is 0.369 e. The van der Waals surface area contributed by atoms with Gasteiger partial charge in [0.1, 0.15) is 5.82 Å². The van der Waals surface area contributed by atoms with E-state index in [1.165, 1.54) is 18.9 Å². The van der Waals surface area contributed by atoms with Crippen LogP contribution < -0.4 is 0 Å². The number of rotatable bonds is 5. The maximum Gasteiger partial charge on any atom is 0.129 e. The molecule has 0 spiro atoms. The highest BCUT2D eigenvalue weighted by atomic mass is 127. The van der Waals surface area contributed by atoms with Crippen LogP contribution in [0, 0.1) is 11.7 Å². The van der Waals surface area contributed by atoms with Crippen LogP contribution in [0.2, 0.25) is 0 Å². The smallest absolute Gasteiger partial charge is 0.129 e. The van der Waals surface area contributed by atoms with E-state index in [0.717, 1.165) is 4.43 Å². The summed E-state index contributed by atoms with van der Waals surface area (Å²) in [6.07, 6.45) is 2.65. The molecule has 1 aliphatic carbocycles. The molecule has 0 aliphatic heterocycles. The third-order valence-corrected chi connectivity index (χ3v) is 3.86. The molecule has 2 atom stereocenters. The molecule has 2 unspecified atom stereocenters. The first-order chi connectivity index (χ1) is 7.72. The van der Waals surface area contributed by atoms with E-state index in [0.29, 0.717) is 11.5 Å². The first-order valence-corrected chi connectivity index (χ1v) is 7.20. The monoisotopic (exact) mass is 334 g/mol. The van der Waals surface area contributed by atoms with Crippen molar-refractivity contribution in [1.29, 1.82) is 0 Å². The van der Waals surface area contributed by atoms with E-state index in [4.69, 9.17) is 4.74 Å². The topological polar surface area (TPSA) is 9.23 Å². The van der Waals surface area contributed by atoms with Crippen molar-refractivity contribution in [3.8, 4) is 0 Å². The Labute approximate surface area is 110 Å². The van der Waals surface area contributed by atoms with Crippen LogP contribution in [0.3, 0.4) is 0 Å². The molecule has 1 nitrogen and oxygen atoms in total. The molecular formula is C13H16FIO. The Hall–Kier alpha value is -0.160. The standard InChI is InChI=1S/C13H16FIO/c1-9(10-6-7-10)16-13(8-15)11-4-2-3-5-12(11)14/h2-5,9-10,13H,6-8H2,1H3. The lowest BCUT2D eigenvalue weighted by Crippen LogP contribution is -2.17. The van der Waals surface area contributed by atoms with Gasteiger partial charge in [0.05, 0.1) is 12.2 Å². The van der Waals surface area contributed by atoms with Crippen LogP contribution in [0.5, 0.6) is 0 Å². The summed E-state index contributed by atoms with van der Waals surface area (Å²) >= 11 is 2.26. The summed E-state index contributed by atoms with van der Waals surface area (Å²) in [6.45, 7) is 2.10. The number of ether oxygens (including phenoxy) is 1. The SMILES string of the molecule is CC(OC(CI)c1ccccc1F)C1CC1. The number of alkyl halides is 1. The molecule has 0 aromatic heterocycles. The maximum absolute atomic E-state index is 13.6. The van der Waals surface area contributed by atoms with Gasteiger partial charge < -0.3 is 4.74 Å². The van der Waals surface area contributed by atoms with E-state index in [1.54, 1.807) is 6.07 Å². The Bertz CT molecular complexity index is 352. The van der Waals surface area contributed by atoms with Crippen LogP contribution in [-0.4, -0.2) is 10.5 Å². The summed E-state index contributed by atoms with van der Waals surface area (Å²) in [5.41, 5.74) is 0.685. The van der Waals surface area contributed by atoms with Crippen molar-refractivity contribution < 1.29 is 9.13 Å². The molecule has 0 N–H and O–H groups in total.